The molecule has 0 radical (unpaired) electrons. The minimum absolute atomic E-state index is 0.0308. The molecule has 0 spiro atoms. The van der Waals surface area contributed by atoms with Gasteiger partial charge in [0, 0.05) is 10.0 Å². The van der Waals surface area contributed by atoms with Crippen LogP contribution in [0.25, 0.3) is 0 Å². The molecule has 0 saturated carbocycles. The second kappa shape index (κ2) is 6.82. The Morgan fingerprint density at radius 2 is 1.80 bits per heavy atom. The van der Waals surface area contributed by atoms with E-state index in [4.69, 9.17) is 4.74 Å². The van der Waals surface area contributed by atoms with Crippen molar-refractivity contribution in [2.75, 3.05) is 6.61 Å². The van der Waals surface area contributed by atoms with Crippen molar-refractivity contribution < 1.29 is 9.53 Å². The molecule has 0 N–H and O–H groups in total. The molecule has 20 heavy (non-hydrogen) atoms. The molecule has 0 atom stereocenters. The van der Waals surface area contributed by atoms with E-state index in [0.717, 1.165) is 26.7 Å². The summed E-state index contributed by atoms with van der Waals surface area (Å²) < 4.78 is 6.54. The van der Waals surface area contributed by atoms with Crippen LogP contribution in [0.3, 0.4) is 0 Å². The highest BCUT2D eigenvalue weighted by Crippen LogP contribution is 2.13. The van der Waals surface area contributed by atoms with Crippen molar-refractivity contribution >= 4 is 21.7 Å². The SMILES string of the molecule is Cc1ccc(C)c(C(=O)COCc2ccc(Br)cc2)c1. The number of ketones is 1. The fourth-order valence-electron chi connectivity index (χ4n) is 1.96. The van der Waals surface area contributed by atoms with Gasteiger partial charge in [-0.3, -0.25) is 4.79 Å². The van der Waals surface area contributed by atoms with E-state index in [2.05, 4.69) is 15.9 Å². The van der Waals surface area contributed by atoms with Gasteiger partial charge in [0.1, 0.15) is 6.61 Å². The van der Waals surface area contributed by atoms with Crippen molar-refractivity contribution in [1.82, 2.24) is 0 Å². The summed E-state index contributed by atoms with van der Waals surface area (Å²) in [6.07, 6.45) is 0. The van der Waals surface area contributed by atoms with Gasteiger partial charge in [-0.05, 0) is 43.2 Å². The highest BCUT2D eigenvalue weighted by molar-refractivity contribution is 9.10. The molecule has 3 heteroatoms. The molecule has 0 aliphatic carbocycles. The highest BCUT2D eigenvalue weighted by atomic mass is 79.9. The quantitative estimate of drug-likeness (QED) is 0.755. The number of carbonyl (C=O) groups excluding carboxylic acids is 1. The Labute approximate surface area is 127 Å². The molecule has 0 aliphatic heterocycles. The van der Waals surface area contributed by atoms with Crippen LogP contribution < -0.4 is 0 Å². The lowest BCUT2D eigenvalue weighted by molar-refractivity contribution is 0.0726. The molecule has 2 aromatic rings. The third kappa shape index (κ3) is 4.02. The van der Waals surface area contributed by atoms with Crippen molar-refractivity contribution in [1.29, 1.82) is 0 Å². The first-order valence-electron chi connectivity index (χ1n) is 6.49. The molecule has 0 amide bonds. The molecule has 0 unspecified atom stereocenters. The van der Waals surface area contributed by atoms with Gasteiger partial charge in [-0.1, -0.05) is 45.8 Å². The molecule has 0 bridgehead atoms. The molecule has 2 nitrogen and oxygen atoms in total. The van der Waals surface area contributed by atoms with Crippen LogP contribution in [0.15, 0.2) is 46.9 Å². The lowest BCUT2D eigenvalue weighted by Crippen LogP contribution is -2.10. The van der Waals surface area contributed by atoms with Crippen LogP contribution >= 0.6 is 15.9 Å². The molecule has 0 aromatic heterocycles. The Hall–Kier alpha value is -1.45. The fraction of sp³-hybridized carbons (Fsp3) is 0.235. The fourth-order valence-corrected chi connectivity index (χ4v) is 2.22. The summed E-state index contributed by atoms with van der Waals surface area (Å²) in [6.45, 7) is 4.49. The zero-order valence-electron chi connectivity index (χ0n) is 11.7. The number of ether oxygens (including phenoxy) is 1. The summed E-state index contributed by atoms with van der Waals surface area (Å²) in [5.74, 6) is 0.0308. The molecular weight excluding hydrogens is 316 g/mol. The summed E-state index contributed by atoms with van der Waals surface area (Å²) >= 11 is 3.39. The van der Waals surface area contributed by atoms with Gasteiger partial charge in [-0.2, -0.15) is 0 Å². The van der Waals surface area contributed by atoms with Gasteiger partial charge in [-0.25, -0.2) is 0 Å². The first-order valence-corrected chi connectivity index (χ1v) is 7.28. The number of aryl methyl sites for hydroxylation is 2. The van der Waals surface area contributed by atoms with Crippen LogP contribution in [0.4, 0.5) is 0 Å². The Balaban J connectivity index is 1.92. The number of halogens is 1. The van der Waals surface area contributed by atoms with Crippen molar-refractivity contribution in [2.45, 2.75) is 20.5 Å². The first-order chi connectivity index (χ1) is 9.56. The monoisotopic (exact) mass is 332 g/mol. The van der Waals surface area contributed by atoms with Gasteiger partial charge in [0.25, 0.3) is 0 Å². The third-order valence-corrected chi connectivity index (χ3v) is 3.64. The molecule has 104 valence electrons. The van der Waals surface area contributed by atoms with Crippen LogP contribution in [0.5, 0.6) is 0 Å². The zero-order valence-corrected chi connectivity index (χ0v) is 13.2. The number of hydrogen-bond donors (Lipinski definition) is 0. The first kappa shape index (κ1) is 14.9. The van der Waals surface area contributed by atoms with E-state index in [1.807, 2.05) is 56.3 Å². The Morgan fingerprint density at radius 3 is 2.50 bits per heavy atom. The van der Waals surface area contributed by atoms with Gasteiger partial charge < -0.3 is 4.74 Å². The highest BCUT2D eigenvalue weighted by Gasteiger charge is 2.09. The zero-order chi connectivity index (χ0) is 14.5. The maximum atomic E-state index is 12.1. The lowest BCUT2D eigenvalue weighted by Gasteiger charge is -2.07. The van der Waals surface area contributed by atoms with E-state index in [1.54, 1.807) is 0 Å². The Morgan fingerprint density at radius 1 is 1.10 bits per heavy atom. The molecule has 0 aliphatic rings. The van der Waals surface area contributed by atoms with Gasteiger partial charge in [0.2, 0.25) is 0 Å². The van der Waals surface area contributed by atoms with E-state index in [0.29, 0.717) is 6.61 Å². The minimum Gasteiger partial charge on any atom is -0.369 e. The average molecular weight is 333 g/mol. The van der Waals surface area contributed by atoms with Crippen molar-refractivity contribution in [3.05, 3.63) is 69.2 Å². The number of Topliss-reactive ketones (excluding diaryl/α,β-unsaturated/α-hetero) is 1. The van der Waals surface area contributed by atoms with Crippen molar-refractivity contribution in [3.63, 3.8) is 0 Å². The number of rotatable bonds is 5. The van der Waals surface area contributed by atoms with Crippen LogP contribution in [0.2, 0.25) is 0 Å². The maximum absolute atomic E-state index is 12.1. The van der Waals surface area contributed by atoms with E-state index in [1.165, 1.54) is 0 Å². The Bertz CT molecular complexity index is 603. The predicted molar refractivity (Wildman–Crippen MR) is 84.0 cm³/mol. The van der Waals surface area contributed by atoms with Gasteiger partial charge >= 0.3 is 0 Å². The summed E-state index contributed by atoms with van der Waals surface area (Å²) in [6, 6.07) is 13.8. The predicted octanol–water partition coefficient (Wildman–Crippen LogP) is 4.47. The lowest BCUT2D eigenvalue weighted by atomic mass is 10.0. The molecule has 0 saturated heterocycles. The summed E-state index contributed by atoms with van der Waals surface area (Å²) in [4.78, 5) is 12.1. The molecule has 2 aromatic carbocycles. The summed E-state index contributed by atoms with van der Waals surface area (Å²) in [7, 11) is 0. The van der Waals surface area contributed by atoms with E-state index in [9.17, 15) is 4.79 Å². The molecule has 0 fully saturated rings. The van der Waals surface area contributed by atoms with Crippen molar-refractivity contribution in [2.24, 2.45) is 0 Å². The van der Waals surface area contributed by atoms with E-state index in [-0.39, 0.29) is 12.4 Å². The molecular formula is C17H17BrO2. The Kier molecular flexibility index (Phi) is 5.10. The topological polar surface area (TPSA) is 26.3 Å². The second-order valence-electron chi connectivity index (χ2n) is 4.86. The third-order valence-electron chi connectivity index (χ3n) is 3.11. The van der Waals surface area contributed by atoms with E-state index >= 15 is 0 Å². The van der Waals surface area contributed by atoms with Crippen molar-refractivity contribution in [3.8, 4) is 0 Å². The van der Waals surface area contributed by atoms with Crippen LogP contribution in [0.1, 0.15) is 27.0 Å². The standard InChI is InChI=1S/C17H17BrO2/c1-12-3-4-13(2)16(9-12)17(19)11-20-10-14-5-7-15(18)8-6-14/h3-9H,10-11H2,1-2H3. The number of benzene rings is 2. The molecule has 0 heterocycles. The van der Waals surface area contributed by atoms with Crippen LogP contribution in [-0.2, 0) is 11.3 Å². The van der Waals surface area contributed by atoms with Gasteiger partial charge in [-0.15, -0.1) is 0 Å². The van der Waals surface area contributed by atoms with Gasteiger partial charge in [0.15, 0.2) is 5.78 Å². The van der Waals surface area contributed by atoms with E-state index < -0.39 is 0 Å². The average Bonchev–Trinajstić information content (AvgIpc) is 2.43. The maximum Gasteiger partial charge on any atom is 0.188 e. The smallest absolute Gasteiger partial charge is 0.188 e. The minimum atomic E-state index is 0.0308. The second-order valence-corrected chi connectivity index (χ2v) is 5.78. The van der Waals surface area contributed by atoms with Crippen LogP contribution in [-0.4, -0.2) is 12.4 Å². The number of carbonyl (C=O) groups is 1. The number of hydrogen-bond acceptors (Lipinski definition) is 2. The van der Waals surface area contributed by atoms with Gasteiger partial charge in [0.05, 0.1) is 6.61 Å². The summed E-state index contributed by atoms with van der Waals surface area (Å²) in [5.41, 5.74) is 3.89. The normalized spacial score (nSPS) is 10.6. The summed E-state index contributed by atoms with van der Waals surface area (Å²) in [5, 5.41) is 0. The molecule has 2 rings (SSSR count). The largest absolute Gasteiger partial charge is 0.369 e. The van der Waals surface area contributed by atoms with Crippen LogP contribution in [0, 0.1) is 13.8 Å².